The van der Waals surface area contributed by atoms with Gasteiger partial charge in [0.15, 0.2) is 0 Å². The van der Waals surface area contributed by atoms with E-state index >= 15 is 0 Å². The molecule has 1 fully saturated rings. The van der Waals surface area contributed by atoms with Crippen molar-refractivity contribution >= 4 is 56.6 Å². The highest BCUT2D eigenvalue weighted by Gasteiger charge is 2.39. The van der Waals surface area contributed by atoms with Gasteiger partial charge >= 0.3 is 0 Å². The van der Waals surface area contributed by atoms with Gasteiger partial charge in [0.1, 0.15) is 14.3 Å². The molecule has 2 heterocycles. The summed E-state index contributed by atoms with van der Waals surface area (Å²) in [6.07, 6.45) is 2.14. The Morgan fingerprint density at radius 3 is 2.03 bits per heavy atom. The fourth-order valence-corrected chi connectivity index (χ4v) is 6.44. The second-order valence-electron chi connectivity index (χ2n) is 7.07. The van der Waals surface area contributed by atoms with E-state index in [1.807, 2.05) is 19.1 Å². The van der Waals surface area contributed by atoms with Crippen LogP contribution in [0.1, 0.15) is 37.8 Å². The Labute approximate surface area is 192 Å². The molecule has 0 saturated carbocycles. The van der Waals surface area contributed by atoms with Crippen LogP contribution in [0.25, 0.3) is 10.6 Å². The number of thiocarbonyl (C=S) groups is 1. The molecule has 3 nitrogen and oxygen atoms in total. The number of nitrogens with zero attached hydrogens (tertiary/aromatic N) is 2. The zero-order valence-electron chi connectivity index (χ0n) is 17.1. The SMILES string of the molecule is CCCCN1C(=C2SC(=S)N(CC)C2=O)SC(c2ccccc2)=C1c1ccccc1. The van der Waals surface area contributed by atoms with Gasteiger partial charge in [-0.15, -0.1) is 0 Å². The van der Waals surface area contributed by atoms with Gasteiger partial charge in [0.05, 0.1) is 5.70 Å². The summed E-state index contributed by atoms with van der Waals surface area (Å²) >= 11 is 8.63. The number of carbonyl (C=O) groups is 1. The minimum absolute atomic E-state index is 0.0261. The molecule has 0 unspecified atom stereocenters. The molecule has 0 bridgehead atoms. The van der Waals surface area contributed by atoms with Crippen LogP contribution in [0.5, 0.6) is 0 Å². The van der Waals surface area contributed by atoms with Gasteiger partial charge in [-0.05, 0) is 24.5 Å². The minimum atomic E-state index is 0.0261. The predicted octanol–water partition coefficient (Wildman–Crippen LogP) is 6.41. The van der Waals surface area contributed by atoms with Gasteiger partial charge in [0.2, 0.25) is 0 Å². The molecule has 6 heteroatoms. The molecule has 0 aromatic heterocycles. The van der Waals surface area contributed by atoms with Crippen LogP contribution in [-0.4, -0.2) is 33.1 Å². The molecule has 0 N–H and O–H groups in total. The molecule has 1 saturated heterocycles. The van der Waals surface area contributed by atoms with Gasteiger partial charge in [0, 0.05) is 18.0 Å². The van der Waals surface area contributed by atoms with E-state index in [1.54, 1.807) is 16.7 Å². The number of hydrogen-bond donors (Lipinski definition) is 0. The lowest BCUT2D eigenvalue weighted by Crippen LogP contribution is -2.28. The van der Waals surface area contributed by atoms with Crippen molar-refractivity contribution in [3.05, 3.63) is 81.7 Å². The van der Waals surface area contributed by atoms with Crippen LogP contribution >= 0.6 is 35.7 Å². The summed E-state index contributed by atoms with van der Waals surface area (Å²) in [5, 5.41) is 1.01. The Morgan fingerprint density at radius 2 is 1.47 bits per heavy atom. The molecule has 2 aromatic carbocycles. The first-order chi connectivity index (χ1) is 14.7. The first-order valence-electron chi connectivity index (χ1n) is 10.2. The summed E-state index contributed by atoms with van der Waals surface area (Å²) in [5.74, 6) is 0.0261. The van der Waals surface area contributed by atoms with Crippen molar-refractivity contribution in [2.45, 2.75) is 26.7 Å². The van der Waals surface area contributed by atoms with Gasteiger partial charge in [-0.25, -0.2) is 0 Å². The maximum atomic E-state index is 13.1. The Hall–Kier alpha value is -2.02. The lowest BCUT2D eigenvalue weighted by molar-refractivity contribution is -0.122. The third-order valence-corrected chi connectivity index (χ3v) is 7.92. The number of thioether (sulfide) groups is 2. The smallest absolute Gasteiger partial charge is 0.268 e. The average Bonchev–Trinajstić information content (AvgIpc) is 3.29. The van der Waals surface area contributed by atoms with E-state index in [1.165, 1.54) is 33.5 Å². The monoisotopic (exact) mass is 452 g/mol. The van der Waals surface area contributed by atoms with E-state index in [9.17, 15) is 4.79 Å². The number of hydrogen-bond acceptors (Lipinski definition) is 5. The number of benzene rings is 2. The van der Waals surface area contributed by atoms with Gasteiger partial charge in [-0.2, -0.15) is 0 Å². The van der Waals surface area contributed by atoms with Crippen molar-refractivity contribution in [3.8, 4) is 0 Å². The fourth-order valence-electron chi connectivity index (χ4n) is 3.59. The quantitative estimate of drug-likeness (QED) is 0.372. The maximum Gasteiger partial charge on any atom is 0.268 e. The van der Waals surface area contributed by atoms with Crippen molar-refractivity contribution in [1.82, 2.24) is 9.80 Å². The average molecular weight is 453 g/mol. The highest BCUT2D eigenvalue weighted by Crippen LogP contribution is 2.54. The van der Waals surface area contributed by atoms with Crippen molar-refractivity contribution in [1.29, 1.82) is 0 Å². The summed E-state index contributed by atoms with van der Waals surface area (Å²) < 4.78 is 0.649. The lowest BCUT2D eigenvalue weighted by atomic mass is 10.1. The zero-order valence-corrected chi connectivity index (χ0v) is 19.6. The minimum Gasteiger partial charge on any atom is -0.333 e. The number of carbonyl (C=O) groups excluding carboxylic acids is 1. The second-order valence-corrected chi connectivity index (χ2v) is 9.71. The lowest BCUT2D eigenvalue weighted by Gasteiger charge is -2.24. The molecule has 0 spiro atoms. The molecular weight excluding hydrogens is 428 g/mol. The second kappa shape index (κ2) is 9.41. The van der Waals surface area contributed by atoms with Crippen molar-refractivity contribution in [3.63, 3.8) is 0 Å². The van der Waals surface area contributed by atoms with E-state index in [0.717, 1.165) is 29.3 Å². The molecule has 0 radical (unpaired) electrons. The molecule has 1 amide bonds. The number of amides is 1. The summed E-state index contributed by atoms with van der Waals surface area (Å²) in [6.45, 7) is 5.64. The number of rotatable bonds is 6. The molecular formula is C24H24N2OS3. The summed E-state index contributed by atoms with van der Waals surface area (Å²) in [6, 6.07) is 20.9. The highest BCUT2D eigenvalue weighted by molar-refractivity contribution is 8.27. The van der Waals surface area contributed by atoms with Crippen LogP contribution in [0.2, 0.25) is 0 Å². The Kier molecular flexibility index (Phi) is 6.66. The van der Waals surface area contributed by atoms with Crippen LogP contribution in [-0.2, 0) is 4.79 Å². The molecule has 30 heavy (non-hydrogen) atoms. The van der Waals surface area contributed by atoms with Crippen LogP contribution in [0.15, 0.2) is 70.6 Å². The molecule has 2 aliphatic rings. The molecule has 2 aromatic rings. The van der Waals surface area contributed by atoms with Gasteiger partial charge in [0.25, 0.3) is 5.91 Å². The standard InChI is InChI=1S/C24H24N2OS3/c1-3-5-16-26-19(17-12-8-6-9-13-17)20(18-14-10-7-11-15-18)29-23(26)21-22(27)25(4-2)24(28)30-21/h6-15H,3-5,16H2,1-2H3. The third-order valence-electron chi connectivity index (χ3n) is 5.11. The first kappa shape index (κ1) is 21.2. The molecule has 0 atom stereocenters. The summed E-state index contributed by atoms with van der Waals surface area (Å²) in [4.78, 5) is 19.1. The molecule has 0 aliphatic carbocycles. The van der Waals surface area contributed by atoms with E-state index < -0.39 is 0 Å². The van der Waals surface area contributed by atoms with Crippen molar-refractivity contribution in [2.24, 2.45) is 0 Å². The topological polar surface area (TPSA) is 23.6 Å². The van der Waals surface area contributed by atoms with Crippen LogP contribution in [0.4, 0.5) is 0 Å². The van der Waals surface area contributed by atoms with E-state index in [4.69, 9.17) is 12.2 Å². The largest absolute Gasteiger partial charge is 0.333 e. The Morgan fingerprint density at radius 1 is 0.833 bits per heavy atom. The fraction of sp³-hybridized carbons (Fsp3) is 0.250. The number of likely N-dealkylation sites (N-methyl/N-ethyl adjacent to an activating group) is 1. The van der Waals surface area contributed by atoms with Crippen LogP contribution < -0.4 is 0 Å². The van der Waals surface area contributed by atoms with Gasteiger partial charge < -0.3 is 4.90 Å². The molecule has 4 rings (SSSR count). The van der Waals surface area contributed by atoms with Gasteiger partial charge in [-0.3, -0.25) is 9.69 Å². The first-order valence-corrected chi connectivity index (χ1v) is 12.3. The zero-order chi connectivity index (χ0) is 21.1. The van der Waals surface area contributed by atoms with E-state index in [0.29, 0.717) is 10.9 Å². The van der Waals surface area contributed by atoms with Crippen LogP contribution in [0, 0.1) is 0 Å². The molecule has 2 aliphatic heterocycles. The van der Waals surface area contributed by atoms with E-state index in [2.05, 4.69) is 60.4 Å². The highest BCUT2D eigenvalue weighted by atomic mass is 32.2. The maximum absolute atomic E-state index is 13.1. The Balaban J connectivity index is 1.89. The van der Waals surface area contributed by atoms with E-state index in [-0.39, 0.29) is 5.91 Å². The normalized spacial score (nSPS) is 19.4. The van der Waals surface area contributed by atoms with Crippen molar-refractivity contribution < 1.29 is 4.79 Å². The summed E-state index contributed by atoms with van der Waals surface area (Å²) in [7, 11) is 0. The number of unbranched alkanes of at least 4 members (excludes halogenated alkanes) is 1. The van der Waals surface area contributed by atoms with Gasteiger partial charge in [-0.1, -0.05) is 110 Å². The van der Waals surface area contributed by atoms with Crippen LogP contribution in [0.3, 0.4) is 0 Å². The van der Waals surface area contributed by atoms with Crippen molar-refractivity contribution in [2.75, 3.05) is 13.1 Å². The Bertz CT molecular complexity index is 1020. The predicted molar refractivity (Wildman–Crippen MR) is 134 cm³/mol. The molecule has 154 valence electrons. The third kappa shape index (κ3) is 3.96. The summed E-state index contributed by atoms with van der Waals surface area (Å²) in [5.41, 5.74) is 3.52.